The normalized spacial score (nSPS) is 22.9. The van der Waals surface area contributed by atoms with E-state index in [1.165, 1.54) is 0 Å². The van der Waals surface area contributed by atoms with Crippen LogP contribution in [0.25, 0.3) is 0 Å². The monoisotopic (exact) mass is 284 g/mol. The van der Waals surface area contributed by atoms with Gasteiger partial charge < -0.3 is 15.0 Å². The number of carbonyl (C=O) groups excluding carboxylic acids is 2. The van der Waals surface area contributed by atoms with Crippen molar-refractivity contribution in [1.29, 1.82) is 0 Å². The first kappa shape index (κ1) is 17.0. The molecular formula is C15H28N2O3. The molecule has 5 heteroatoms. The van der Waals surface area contributed by atoms with Crippen LogP contribution in [0.3, 0.4) is 0 Å². The van der Waals surface area contributed by atoms with Crippen LogP contribution in [-0.4, -0.2) is 47.0 Å². The van der Waals surface area contributed by atoms with Gasteiger partial charge in [-0.1, -0.05) is 13.8 Å². The lowest BCUT2D eigenvalue weighted by Crippen LogP contribution is -2.70. The first-order chi connectivity index (χ1) is 9.18. The fourth-order valence-corrected chi connectivity index (χ4v) is 2.68. The Hall–Kier alpha value is -1.10. The summed E-state index contributed by atoms with van der Waals surface area (Å²) in [5.74, 6) is -0.0730. The van der Waals surface area contributed by atoms with Gasteiger partial charge in [0, 0.05) is 6.54 Å². The van der Waals surface area contributed by atoms with Crippen LogP contribution in [0.5, 0.6) is 0 Å². The molecule has 1 saturated heterocycles. The highest BCUT2D eigenvalue weighted by Gasteiger charge is 2.48. The molecule has 0 aromatic carbocycles. The number of nitrogens with zero attached hydrogens (tertiary/aromatic N) is 1. The van der Waals surface area contributed by atoms with E-state index in [2.05, 4.69) is 5.32 Å². The maximum atomic E-state index is 12.4. The van der Waals surface area contributed by atoms with Crippen LogP contribution in [0.2, 0.25) is 0 Å². The molecule has 1 heterocycles. The zero-order valence-corrected chi connectivity index (χ0v) is 13.6. The highest BCUT2D eigenvalue weighted by molar-refractivity contribution is 5.99. The van der Waals surface area contributed by atoms with Crippen molar-refractivity contribution in [2.24, 2.45) is 0 Å². The highest BCUT2D eigenvalue weighted by Crippen LogP contribution is 2.28. The maximum absolute atomic E-state index is 12.4. The minimum absolute atomic E-state index is 0.0224. The zero-order chi connectivity index (χ0) is 15.6. The summed E-state index contributed by atoms with van der Waals surface area (Å²) < 4.78 is 5.71. The third-order valence-corrected chi connectivity index (χ3v) is 3.94. The fourth-order valence-electron chi connectivity index (χ4n) is 2.68. The molecule has 1 unspecified atom stereocenters. The molecule has 1 rings (SSSR count). The SMILES string of the molecule is CCC1(CC)C(=O)NC(C)C(=O)N1CCOC(C)(C)C. The molecule has 1 fully saturated rings. The standard InChI is InChI=1S/C15H28N2O3/c1-7-15(8-2)13(19)16-11(3)12(18)17(15)9-10-20-14(4,5)6/h11H,7-10H2,1-6H3,(H,16,19). The Labute approximate surface area is 122 Å². The molecule has 116 valence electrons. The van der Waals surface area contributed by atoms with Crippen molar-refractivity contribution in [2.75, 3.05) is 13.2 Å². The second-order valence-corrected chi connectivity index (χ2v) is 6.38. The summed E-state index contributed by atoms with van der Waals surface area (Å²) in [5, 5.41) is 2.79. The minimum Gasteiger partial charge on any atom is -0.374 e. The van der Waals surface area contributed by atoms with Crippen LogP contribution in [0.15, 0.2) is 0 Å². The Balaban J connectivity index is 2.89. The van der Waals surface area contributed by atoms with E-state index in [1.807, 2.05) is 34.6 Å². The van der Waals surface area contributed by atoms with Gasteiger partial charge in [0.15, 0.2) is 0 Å². The number of rotatable bonds is 5. The van der Waals surface area contributed by atoms with Crippen molar-refractivity contribution >= 4 is 11.8 Å². The van der Waals surface area contributed by atoms with E-state index in [9.17, 15) is 9.59 Å². The third-order valence-electron chi connectivity index (χ3n) is 3.94. The van der Waals surface area contributed by atoms with Crippen LogP contribution in [-0.2, 0) is 14.3 Å². The number of hydrogen-bond acceptors (Lipinski definition) is 3. The summed E-state index contributed by atoms with van der Waals surface area (Å²) >= 11 is 0. The van der Waals surface area contributed by atoms with Crippen molar-refractivity contribution in [1.82, 2.24) is 10.2 Å². The van der Waals surface area contributed by atoms with Crippen molar-refractivity contribution in [3.8, 4) is 0 Å². The summed E-state index contributed by atoms with van der Waals surface area (Å²) in [6, 6.07) is -0.455. The molecule has 0 bridgehead atoms. The maximum Gasteiger partial charge on any atom is 0.246 e. The third kappa shape index (κ3) is 3.32. The Kier molecular flexibility index (Phi) is 5.19. The van der Waals surface area contributed by atoms with E-state index in [-0.39, 0.29) is 17.4 Å². The Morgan fingerprint density at radius 2 is 1.80 bits per heavy atom. The van der Waals surface area contributed by atoms with Crippen molar-refractivity contribution in [2.45, 2.75) is 71.6 Å². The Morgan fingerprint density at radius 3 is 2.25 bits per heavy atom. The number of piperazine rings is 1. The van der Waals surface area contributed by atoms with Crippen molar-refractivity contribution in [3.63, 3.8) is 0 Å². The summed E-state index contributed by atoms with van der Waals surface area (Å²) in [7, 11) is 0. The summed E-state index contributed by atoms with van der Waals surface area (Å²) in [4.78, 5) is 26.5. The van der Waals surface area contributed by atoms with Gasteiger partial charge >= 0.3 is 0 Å². The lowest BCUT2D eigenvalue weighted by molar-refractivity contribution is -0.159. The molecule has 20 heavy (non-hydrogen) atoms. The molecule has 0 aromatic heterocycles. The predicted molar refractivity (Wildman–Crippen MR) is 78.3 cm³/mol. The van der Waals surface area contributed by atoms with E-state index < -0.39 is 11.6 Å². The topological polar surface area (TPSA) is 58.6 Å². The molecule has 5 nitrogen and oxygen atoms in total. The van der Waals surface area contributed by atoms with Crippen LogP contribution < -0.4 is 5.32 Å². The van der Waals surface area contributed by atoms with Gasteiger partial charge in [0.05, 0.1) is 12.2 Å². The van der Waals surface area contributed by atoms with Gasteiger partial charge in [0.25, 0.3) is 0 Å². The van der Waals surface area contributed by atoms with Gasteiger partial charge in [0.2, 0.25) is 11.8 Å². The molecule has 1 atom stereocenters. The van der Waals surface area contributed by atoms with Gasteiger partial charge in [-0.3, -0.25) is 9.59 Å². The van der Waals surface area contributed by atoms with Crippen LogP contribution >= 0.6 is 0 Å². The average molecular weight is 284 g/mol. The van der Waals surface area contributed by atoms with E-state index in [0.29, 0.717) is 26.0 Å². The lowest BCUT2D eigenvalue weighted by Gasteiger charge is -2.47. The predicted octanol–water partition coefficient (Wildman–Crippen LogP) is 1.71. The average Bonchev–Trinajstić information content (AvgIpc) is 2.35. The zero-order valence-electron chi connectivity index (χ0n) is 13.6. The van der Waals surface area contributed by atoms with E-state index in [0.717, 1.165) is 0 Å². The van der Waals surface area contributed by atoms with E-state index in [4.69, 9.17) is 4.74 Å². The van der Waals surface area contributed by atoms with Crippen LogP contribution in [0, 0.1) is 0 Å². The quantitative estimate of drug-likeness (QED) is 0.836. The van der Waals surface area contributed by atoms with Crippen molar-refractivity contribution < 1.29 is 14.3 Å². The van der Waals surface area contributed by atoms with Crippen LogP contribution in [0.1, 0.15) is 54.4 Å². The molecule has 0 saturated carbocycles. The number of hydrogen-bond donors (Lipinski definition) is 1. The molecular weight excluding hydrogens is 256 g/mol. The lowest BCUT2D eigenvalue weighted by atomic mass is 9.86. The molecule has 1 aliphatic heterocycles. The Bertz CT molecular complexity index is 370. The molecule has 1 aliphatic rings. The molecule has 0 spiro atoms. The highest BCUT2D eigenvalue weighted by atomic mass is 16.5. The van der Waals surface area contributed by atoms with Gasteiger partial charge in [-0.05, 0) is 40.5 Å². The molecule has 0 aromatic rings. The number of nitrogens with one attached hydrogen (secondary N) is 1. The van der Waals surface area contributed by atoms with Crippen molar-refractivity contribution in [3.05, 3.63) is 0 Å². The smallest absolute Gasteiger partial charge is 0.246 e. The summed E-state index contributed by atoms with van der Waals surface area (Å²) in [6.07, 6.45) is 1.23. The summed E-state index contributed by atoms with van der Waals surface area (Å²) in [6.45, 7) is 12.5. The largest absolute Gasteiger partial charge is 0.374 e. The second kappa shape index (κ2) is 6.12. The second-order valence-electron chi connectivity index (χ2n) is 6.38. The molecule has 0 aliphatic carbocycles. The first-order valence-electron chi connectivity index (χ1n) is 7.44. The van der Waals surface area contributed by atoms with Gasteiger partial charge in [0.1, 0.15) is 11.6 Å². The number of carbonyl (C=O) groups is 2. The van der Waals surface area contributed by atoms with Crippen LogP contribution in [0.4, 0.5) is 0 Å². The summed E-state index contributed by atoms with van der Waals surface area (Å²) in [5.41, 5.74) is -0.974. The molecule has 1 N–H and O–H groups in total. The van der Waals surface area contributed by atoms with Gasteiger partial charge in [-0.25, -0.2) is 0 Å². The first-order valence-corrected chi connectivity index (χ1v) is 7.44. The minimum atomic E-state index is -0.731. The molecule has 2 amide bonds. The molecule has 0 radical (unpaired) electrons. The van der Waals surface area contributed by atoms with E-state index >= 15 is 0 Å². The number of ether oxygens (including phenoxy) is 1. The fraction of sp³-hybridized carbons (Fsp3) is 0.867. The van der Waals surface area contributed by atoms with E-state index in [1.54, 1.807) is 11.8 Å². The Morgan fingerprint density at radius 1 is 1.25 bits per heavy atom. The van der Waals surface area contributed by atoms with Gasteiger partial charge in [-0.2, -0.15) is 0 Å². The van der Waals surface area contributed by atoms with Gasteiger partial charge in [-0.15, -0.1) is 0 Å². The number of amides is 2.